The number of ether oxygens (including phenoxy) is 2. The molecule has 1 aliphatic heterocycles. The molecular weight excluding hydrogens is 320 g/mol. The van der Waals surface area contributed by atoms with Crippen LogP contribution >= 0.6 is 15.9 Å². The van der Waals surface area contributed by atoms with Gasteiger partial charge in [0.1, 0.15) is 6.61 Å². The minimum absolute atomic E-state index is 0.0714. The summed E-state index contributed by atoms with van der Waals surface area (Å²) in [5.41, 5.74) is 0. The number of halogens is 3. The van der Waals surface area contributed by atoms with E-state index in [9.17, 15) is 8.78 Å². The molecule has 0 amide bonds. The van der Waals surface area contributed by atoms with Crippen molar-refractivity contribution in [2.75, 3.05) is 32.9 Å². The Balaban J connectivity index is 1.70. The van der Waals surface area contributed by atoms with Crippen LogP contribution in [0, 0.1) is 17.6 Å². The lowest BCUT2D eigenvalue weighted by Crippen LogP contribution is -2.27. The van der Waals surface area contributed by atoms with Crippen molar-refractivity contribution in [3.8, 4) is 5.75 Å². The van der Waals surface area contributed by atoms with E-state index in [0.29, 0.717) is 23.5 Å². The number of nitrogens with one attached hydrogen (secondary N) is 1. The Morgan fingerprint density at radius 3 is 3.00 bits per heavy atom. The summed E-state index contributed by atoms with van der Waals surface area (Å²) in [5, 5.41) is 3.21. The average Bonchev–Trinajstić information content (AvgIpc) is 2.87. The van der Waals surface area contributed by atoms with Crippen LogP contribution in [-0.2, 0) is 4.74 Å². The van der Waals surface area contributed by atoms with Gasteiger partial charge in [-0.1, -0.05) is 15.9 Å². The maximum Gasteiger partial charge on any atom is 0.200 e. The van der Waals surface area contributed by atoms with E-state index < -0.39 is 11.6 Å². The summed E-state index contributed by atoms with van der Waals surface area (Å²) in [6, 6.07) is 2.49. The van der Waals surface area contributed by atoms with Crippen molar-refractivity contribution < 1.29 is 18.3 Å². The van der Waals surface area contributed by atoms with Crippen LogP contribution in [0.5, 0.6) is 5.75 Å². The molecule has 6 heteroatoms. The van der Waals surface area contributed by atoms with Gasteiger partial charge < -0.3 is 14.8 Å². The summed E-state index contributed by atoms with van der Waals surface area (Å²) in [5.74, 6) is -1.40. The van der Waals surface area contributed by atoms with Crippen LogP contribution in [0.1, 0.15) is 6.42 Å². The maximum atomic E-state index is 13.4. The Bertz CT molecular complexity index is 425. The number of benzene rings is 1. The molecule has 1 aromatic rings. The highest BCUT2D eigenvalue weighted by atomic mass is 79.9. The summed E-state index contributed by atoms with van der Waals surface area (Å²) in [4.78, 5) is 0. The molecule has 19 heavy (non-hydrogen) atoms. The van der Waals surface area contributed by atoms with Crippen LogP contribution in [-0.4, -0.2) is 32.9 Å². The van der Waals surface area contributed by atoms with Gasteiger partial charge in [-0.3, -0.25) is 0 Å². The van der Waals surface area contributed by atoms with Crippen LogP contribution in [0.2, 0.25) is 0 Å². The number of rotatable bonds is 6. The Labute approximate surface area is 119 Å². The van der Waals surface area contributed by atoms with Crippen LogP contribution in [0.3, 0.4) is 0 Å². The predicted octanol–water partition coefficient (Wildman–Crippen LogP) is 2.73. The van der Waals surface area contributed by atoms with E-state index in [2.05, 4.69) is 21.2 Å². The van der Waals surface area contributed by atoms with Crippen LogP contribution in [0.25, 0.3) is 0 Å². The number of hydrogen-bond acceptors (Lipinski definition) is 3. The molecule has 0 aromatic heterocycles. The third kappa shape index (κ3) is 4.40. The van der Waals surface area contributed by atoms with E-state index in [1.54, 1.807) is 0 Å². The van der Waals surface area contributed by atoms with E-state index in [0.717, 1.165) is 32.2 Å². The van der Waals surface area contributed by atoms with E-state index in [4.69, 9.17) is 9.47 Å². The lowest BCUT2D eigenvalue weighted by molar-refractivity contribution is 0.184. The molecule has 1 saturated heterocycles. The first-order valence-corrected chi connectivity index (χ1v) is 7.02. The van der Waals surface area contributed by atoms with Crippen molar-refractivity contribution in [2.24, 2.45) is 5.92 Å². The van der Waals surface area contributed by atoms with Gasteiger partial charge in [0.25, 0.3) is 0 Å². The molecule has 1 aliphatic rings. The van der Waals surface area contributed by atoms with Gasteiger partial charge >= 0.3 is 0 Å². The fourth-order valence-electron chi connectivity index (χ4n) is 1.92. The normalized spacial score (nSPS) is 18.8. The van der Waals surface area contributed by atoms with Gasteiger partial charge in [0.05, 0.1) is 6.61 Å². The zero-order valence-electron chi connectivity index (χ0n) is 10.4. The SMILES string of the molecule is Fc1cc(Br)cc(OCCNCC2CCOC2)c1F. The van der Waals surface area contributed by atoms with E-state index in [1.165, 1.54) is 6.07 Å². The molecule has 1 N–H and O–H groups in total. The standard InChI is InChI=1S/C13H16BrF2NO2/c14-10-5-11(15)13(16)12(6-10)19-4-2-17-7-9-1-3-18-8-9/h5-6,9,17H,1-4,7-8H2. The lowest BCUT2D eigenvalue weighted by Gasteiger charge is -2.11. The highest BCUT2D eigenvalue weighted by Gasteiger charge is 2.15. The first-order chi connectivity index (χ1) is 9.16. The minimum Gasteiger partial charge on any atom is -0.489 e. The Kier molecular flexibility index (Phi) is 5.54. The Hall–Kier alpha value is -0.720. The fraction of sp³-hybridized carbons (Fsp3) is 0.538. The highest BCUT2D eigenvalue weighted by Crippen LogP contribution is 2.25. The Morgan fingerprint density at radius 1 is 1.42 bits per heavy atom. The van der Waals surface area contributed by atoms with E-state index >= 15 is 0 Å². The quantitative estimate of drug-likeness (QED) is 0.640. The third-order valence-electron chi connectivity index (χ3n) is 2.95. The smallest absolute Gasteiger partial charge is 0.200 e. The highest BCUT2D eigenvalue weighted by molar-refractivity contribution is 9.10. The summed E-state index contributed by atoms with van der Waals surface area (Å²) < 4.78 is 37.4. The minimum atomic E-state index is -0.951. The molecule has 2 rings (SSSR count). The molecular formula is C13H16BrF2NO2. The lowest BCUT2D eigenvalue weighted by atomic mass is 10.1. The Morgan fingerprint density at radius 2 is 2.26 bits per heavy atom. The van der Waals surface area contributed by atoms with Crippen LogP contribution < -0.4 is 10.1 Å². The zero-order valence-corrected chi connectivity index (χ0v) is 12.0. The molecule has 0 aliphatic carbocycles. The van der Waals surface area contributed by atoms with Crippen LogP contribution in [0.15, 0.2) is 16.6 Å². The third-order valence-corrected chi connectivity index (χ3v) is 3.41. The van der Waals surface area contributed by atoms with E-state index in [-0.39, 0.29) is 5.75 Å². The molecule has 1 heterocycles. The van der Waals surface area contributed by atoms with Crippen molar-refractivity contribution in [3.05, 3.63) is 28.2 Å². The molecule has 1 unspecified atom stereocenters. The van der Waals surface area contributed by atoms with Crippen molar-refractivity contribution in [1.29, 1.82) is 0 Å². The van der Waals surface area contributed by atoms with Crippen LogP contribution in [0.4, 0.5) is 8.78 Å². The molecule has 3 nitrogen and oxygen atoms in total. The van der Waals surface area contributed by atoms with Gasteiger partial charge in [-0.25, -0.2) is 4.39 Å². The fourth-order valence-corrected chi connectivity index (χ4v) is 2.33. The summed E-state index contributed by atoms with van der Waals surface area (Å²) in [7, 11) is 0. The molecule has 0 saturated carbocycles. The predicted molar refractivity (Wildman–Crippen MR) is 71.3 cm³/mol. The number of hydrogen-bond donors (Lipinski definition) is 1. The molecule has 106 valence electrons. The molecule has 1 fully saturated rings. The first kappa shape index (κ1) is 14.7. The molecule has 1 aromatic carbocycles. The van der Waals surface area contributed by atoms with Crippen molar-refractivity contribution in [3.63, 3.8) is 0 Å². The van der Waals surface area contributed by atoms with Gasteiger partial charge in [0.15, 0.2) is 11.6 Å². The summed E-state index contributed by atoms with van der Waals surface area (Å²) in [6.07, 6.45) is 1.07. The first-order valence-electron chi connectivity index (χ1n) is 6.22. The topological polar surface area (TPSA) is 30.5 Å². The van der Waals surface area contributed by atoms with Gasteiger partial charge in [-0.2, -0.15) is 4.39 Å². The molecule has 0 bridgehead atoms. The molecule has 0 spiro atoms. The second-order valence-electron chi connectivity index (χ2n) is 4.48. The summed E-state index contributed by atoms with van der Waals surface area (Å²) >= 11 is 3.10. The van der Waals surface area contributed by atoms with Gasteiger partial charge in [0.2, 0.25) is 5.82 Å². The maximum absolute atomic E-state index is 13.4. The monoisotopic (exact) mass is 335 g/mol. The van der Waals surface area contributed by atoms with Gasteiger partial charge in [-0.15, -0.1) is 0 Å². The van der Waals surface area contributed by atoms with E-state index in [1.807, 2.05) is 0 Å². The summed E-state index contributed by atoms with van der Waals surface area (Å²) in [6.45, 7) is 3.36. The molecule has 0 radical (unpaired) electrons. The van der Waals surface area contributed by atoms with Gasteiger partial charge in [-0.05, 0) is 24.5 Å². The second-order valence-corrected chi connectivity index (χ2v) is 5.40. The van der Waals surface area contributed by atoms with Gasteiger partial charge in [0, 0.05) is 24.2 Å². The second kappa shape index (κ2) is 7.17. The van der Waals surface area contributed by atoms with Crippen molar-refractivity contribution in [1.82, 2.24) is 5.32 Å². The average molecular weight is 336 g/mol. The zero-order chi connectivity index (χ0) is 13.7. The van der Waals surface area contributed by atoms with Crippen molar-refractivity contribution in [2.45, 2.75) is 6.42 Å². The largest absolute Gasteiger partial charge is 0.489 e. The van der Waals surface area contributed by atoms with Crippen molar-refractivity contribution >= 4 is 15.9 Å². The molecule has 1 atom stereocenters.